The highest BCUT2D eigenvalue weighted by Crippen LogP contribution is 2.42. The molecule has 0 bridgehead atoms. The van der Waals surface area contributed by atoms with Crippen molar-refractivity contribution < 1.29 is 14.3 Å². The Kier molecular flexibility index (Phi) is 3.99. The number of amides is 1. The molecule has 6 heteroatoms. The van der Waals surface area contributed by atoms with Crippen LogP contribution in [-0.2, 0) is 4.79 Å². The molecular weight excluding hydrogens is 288 g/mol. The van der Waals surface area contributed by atoms with Gasteiger partial charge in [-0.25, -0.2) is 0 Å². The van der Waals surface area contributed by atoms with Gasteiger partial charge in [0.2, 0.25) is 5.91 Å². The van der Waals surface area contributed by atoms with Gasteiger partial charge in [-0.2, -0.15) is 0 Å². The SMILES string of the molecule is CNC1(C(N)=O)CCC(Sc2ccc3c(c2)OCCO3)C1. The number of hydrogen-bond donors (Lipinski definition) is 2. The van der Waals surface area contributed by atoms with Crippen molar-refractivity contribution in [1.29, 1.82) is 0 Å². The van der Waals surface area contributed by atoms with Crippen molar-refractivity contribution in [2.75, 3.05) is 20.3 Å². The molecule has 0 saturated heterocycles. The number of thioether (sulfide) groups is 1. The average Bonchev–Trinajstić information content (AvgIpc) is 2.92. The van der Waals surface area contributed by atoms with Gasteiger partial charge in [0.25, 0.3) is 0 Å². The molecule has 1 fully saturated rings. The van der Waals surface area contributed by atoms with Crippen LogP contribution in [0.1, 0.15) is 19.3 Å². The molecule has 5 nitrogen and oxygen atoms in total. The number of carbonyl (C=O) groups excluding carboxylic acids is 1. The summed E-state index contributed by atoms with van der Waals surface area (Å²) in [6.45, 7) is 1.19. The van der Waals surface area contributed by atoms with Gasteiger partial charge in [-0.1, -0.05) is 0 Å². The van der Waals surface area contributed by atoms with E-state index in [0.717, 1.165) is 35.7 Å². The second-order valence-electron chi connectivity index (χ2n) is 5.48. The minimum absolute atomic E-state index is 0.254. The number of likely N-dealkylation sites (N-methyl/N-ethyl adjacent to an activating group) is 1. The van der Waals surface area contributed by atoms with Gasteiger partial charge in [-0.3, -0.25) is 4.79 Å². The highest BCUT2D eigenvalue weighted by Gasteiger charge is 2.43. The Hall–Kier alpha value is -1.40. The van der Waals surface area contributed by atoms with E-state index >= 15 is 0 Å². The average molecular weight is 308 g/mol. The Labute approximate surface area is 128 Å². The second-order valence-corrected chi connectivity index (χ2v) is 6.86. The van der Waals surface area contributed by atoms with Crippen LogP contribution in [0.15, 0.2) is 23.1 Å². The van der Waals surface area contributed by atoms with Crippen molar-refractivity contribution in [3.63, 3.8) is 0 Å². The van der Waals surface area contributed by atoms with E-state index in [1.54, 1.807) is 11.8 Å². The van der Waals surface area contributed by atoms with Crippen molar-refractivity contribution >= 4 is 17.7 Å². The molecule has 2 aliphatic rings. The monoisotopic (exact) mass is 308 g/mol. The Morgan fingerprint density at radius 3 is 2.81 bits per heavy atom. The third-order valence-electron chi connectivity index (χ3n) is 4.24. The van der Waals surface area contributed by atoms with Crippen LogP contribution in [0.3, 0.4) is 0 Å². The Morgan fingerprint density at radius 1 is 1.38 bits per heavy atom. The summed E-state index contributed by atoms with van der Waals surface area (Å²) in [6, 6.07) is 6.01. The number of primary amides is 1. The summed E-state index contributed by atoms with van der Waals surface area (Å²) >= 11 is 1.78. The van der Waals surface area contributed by atoms with Crippen molar-refractivity contribution in [2.24, 2.45) is 5.73 Å². The molecular formula is C15H20N2O3S. The van der Waals surface area contributed by atoms with Gasteiger partial charge in [0.15, 0.2) is 11.5 Å². The van der Waals surface area contributed by atoms with Crippen LogP contribution < -0.4 is 20.5 Å². The van der Waals surface area contributed by atoms with Crippen LogP contribution >= 0.6 is 11.8 Å². The fraction of sp³-hybridized carbons (Fsp3) is 0.533. The summed E-state index contributed by atoms with van der Waals surface area (Å²) in [7, 11) is 1.81. The number of ether oxygens (including phenoxy) is 2. The third kappa shape index (κ3) is 2.82. The fourth-order valence-electron chi connectivity index (χ4n) is 2.96. The molecule has 0 spiro atoms. The van der Waals surface area contributed by atoms with Gasteiger partial charge >= 0.3 is 0 Å². The predicted octanol–water partition coefficient (Wildman–Crippen LogP) is 1.55. The number of benzene rings is 1. The highest BCUT2D eigenvalue weighted by atomic mass is 32.2. The quantitative estimate of drug-likeness (QED) is 0.883. The van der Waals surface area contributed by atoms with Crippen LogP contribution in [-0.4, -0.2) is 37.0 Å². The van der Waals surface area contributed by atoms with Crippen molar-refractivity contribution in [3.05, 3.63) is 18.2 Å². The van der Waals surface area contributed by atoms with Crippen LogP contribution in [0, 0.1) is 0 Å². The lowest BCUT2D eigenvalue weighted by Crippen LogP contribution is -2.52. The molecule has 2 unspecified atom stereocenters. The van der Waals surface area contributed by atoms with Gasteiger partial charge in [-0.05, 0) is 44.5 Å². The van der Waals surface area contributed by atoms with E-state index in [1.807, 2.05) is 25.2 Å². The van der Waals surface area contributed by atoms with Gasteiger partial charge in [0.05, 0.1) is 5.54 Å². The third-order valence-corrected chi connectivity index (χ3v) is 5.50. The van der Waals surface area contributed by atoms with E-state index in [-0.39, 0.29) is 5.91 Å². The Balaban J connectivity index is 1.69. The zero-order chi connectivity index (χ0) is 14.9. The van der Waals surface area contributed by atoms with E-state index in [0.29, 0.717) is 18.5 Å². The molecule has 21 heavy (non-hydrogen) atoms. The van der Waals surface area contributed by atoms with Crippen molar-refractivity contribution in [3.8, 4) is 11.5 Å². The lowest BCUT2D eigenvalue weighted by Gasteiger charge is -2.25. The number of rotatable bonds is 4. The zero-order valence-corrected chi connectivity index (χ0v) is 12.9. The smallest absolute Gasteiger partial charge is 0.237 e. The normalized spacial score (nSPS) is 27.6. The molecule has 1 aromatic rings. The molecule has 1 aliphatic carbocycles. The lowest BCUT2D eigenvalue weighted by atomic mass is 9.97. The summed E-state index contributed by atoms with van der Waals surface area (Å²) in [4.78, 5) is 12.8. The summed E-state index contributed by atoms with van der Waals surface area (Å²) < 4.78 is 11.1. The molecule has 1 aliphatic heterocycles. The minimum atomic E-state index is -0.550. The largest absolute Gasteiger partial charge is 0.486 e. The molecule has 0 radical (unpaired) electrons. The first-order chi connectivity index (χ1) is 10.1. The zero-order valence-electron chi connectivity index (χ0n) is 12.1. The maximum atomic E-state index is 11.7. The summed E-state index contributed by atoms with van der Waals surface area (Å²) in [5, 5.41) is 3.49. The molecule has 1 amide bonds. The maximum absolute atomic E-state index is 11.7. The van der Waals surface area contributed by atoms with E-state index in [2.05, 4.69) is 5.32 Å². The standard InChI is InChI=1S/C15H20N2O3S/c1-17-15(14(16)18)5-4-11(9-15)21-10-2-3-12-13(8-10)20-7-6-19-12/h2-3,8,11,17H,4-7,9H2,1H3,(H2,16,18). The Morgan fingerprint density at radius 2 is 2.14 bits per heavy atom. The molecule has 1 aromatic carbocycles. The minimum Gasteiger partial charge on any atom is -0.486 e. The topological polar surface area (TPSA) is 73.6 Å². The summed E-state index contributed by atoms with van der Waals surface area (Å²) in [5.41, 5.74) is 4.99. The molecule has 3 N–H and O–H groups in total. The molecule has 2 atom stereocenters. The number of nitrogens with one attached hydrogen (secondary N) is 1. The first-order valence-electron chi connectivity index (χ1n) is 7.18. The van der Waals surface area contributed by atoms with Gasteiger partial charge in [-0.15, -0.1) is 11.8 Å². The number of carbonyl (C=O) groups is 1. The predicted molar refractivity (Wildman–Crippen MR) is 81.9 cm³/mol. The molecule has 1 heterocycles. The van der Waals surface area contributed by atoms with Crippen LogP contribution in [0.4, 0.5) is 0 Å². The summed E-state index contributed by atoms with van der Waals surface area (Å²) in [6.07, 6.45) is 2.53. The maximum Gasteiger partial charge on any atom is 0.237 e. The van der Waals surface area contributed by atoms with Crippen LogP contribution in [0.25, 0.3) is 0 Å². The van der Waals surface area contributed by atoms with Crippen molar-refractivity contribution in [2.45, 2.75) is 34.9 Å². The van der Waals surface area contributed by atoms with Crippen LogP contribution in [0.2, 0.25) is 0 Å². The first-order valence-corrected chi connectivity index (χ1v) is 8.06. The van der Waals surface area contributed by atoms with E-state index in [9.17, 15) is 4.79 Å². The number of hydrogen-bond acceptors (Lipinski definition) is 5. The van der Waals surface area contributed by atoms with Gasteiger partial charge in [0, 0.05) is 10.1 Å². The second kappa shape index (κ2) is 5.77. The van der Waals surface area contributed by atoms with E-state index in [1.165, 1.54) is 0 Å². The molecule has 0 aromatic heterocycles. The number of fused-ring (bicyclic) bond motifs is 1. The van der Waals surface area contributed by atoms with Gasteiger partial charge < -0.3 is 20.5 Å². The number of nitrogens with two attached hydrogens (primary N) is 1. The molecule has 114 valence electrons. The highest BCUT2D eigenvalue weighted by molar-refractivity contribution is 8.00. The molecule has 1 saturated carbocycles. The van der Waals surface area contributed by atoms with E-state index < -0.39 is 5.54 Å². The first kappa shape index (κ1) is 14.5. The van der Waals surface area contributed by atoms with E-state index in [4.69, 9.17) is 15.2 Å². The lowest BCUT2D eigenvalue weighted by molar-refractivity contribution is -0.124. The summed E-state index contributed by atoms with van der Waals surface area (Å²) in [5.74, 6) is 1.35. The Bertz CT molecular complexity index is 552. The fourth-order valence-corrected chi connectivity index (χ4v) is 4.27. The van der Waals surface area contributed by atoms with Crippen molar-refractivity contribution in [1.82, 2.24) is 5.32 Å². The van der Waals surface area contributed by atoms with Crippen LogP contribution in [0.5, 0.6) is 11.5 Å². The van der Waals surface area contributed by atoms with Gasteiger partial charge in [0.1, 0.15) is 13.2 Å². The molecule has 3 rings (SSSR count).